The van der Waals surface area contributed by atoms with Crippen LogP contribution in [0.4, 0.5) is 0 Å². The highest BCUT2D eigenvalue weighted by Crippen LogP contribution is 2.35. The van der Waals surface area contributed by atoms with Gasteiger partial charge in [-0.15, -0.1) is 0 Å². The molecule has 1 atom stereocenters. The molecule has 1 aliphatic rings. The summed E-state index contributed by atoms with van der Waals surface area (Å²) in [6.45, 7) is 9.90. The molecule has 1 rings (SSSR count). The van der Waals surface area contributed by atoms with E-state index in [9.17, 15) is 4.79 Å². The first-order chi connectivity index (χ1) is 17.0. The van der Waals surface area contributed by atoms with Gasteiger partial charge in [-0.1, -0.05) is 143 Å². The van der Waals surface area contributed by atoms with Gasteiger partial charge in [-0.3, -0.25) is 4.79 Å². The molecule has 1 unspecified atom stereocenters. The number of esters is 1. The molecule has 0 spiro atoms. The third kappa shape index (κ3) is 16.8. The third-order valence-electron chi connectivity index (χ3n) is 8.73. The quantitative estimate of drug-likeness (QED) is 0.105. The first kappa shape index (κ1) is 32.5. The Kier molecular flexibility index (Phi) is 20.0. The van der Waals surface area contributed by atoms with Crippen molar-refractivity contribution in [1.82, 2.24) is 0 Å². The smallest absolute Gasteiger partial charge is 0.308 e. The number of ether oxygens (including phenoxy) is 1. The van der Waals surface area contributed by atoms with Crippen LogP contribution in [0.15, 0.2) is 0 Å². The van der Waals surface area contributed by atoms with Crippen molar-refractivity contribution in [3.05, 3.63) is 0 Å². The molecule has 0 aliphatic heterocycles. The van der Waals surface area contributed by atoms with Gasteiger partial charge in [0.1, 0.15) is 0 Å². The summed E-state index contributed by atoms with van der Waals surface area (Å²) in [4.78, 5) is 12.9. The van der Waals surface area contributed by atoms with Crippen LogP contribution in [0.3, 0.4) is 0 Å². The molecule has 0 N–H and O–H groups in total. The fraction of sp³-hybridized carbons (Fsp3) is 0.970. The lowest BCUT2D eigenvalue weighted by atomic mass is 9.79. The lowest BCUT2D eigenvalue weighted by molar-refractivity contribution is -0.153. The minimum Gasteiger partial charge on any atom is -0.465 e. The first-order valence-electron chi connectivity index (χ1n) is 16.2. The average Bonchev–Trinajstić information content (AvgIpc) is 2.87. The van der Waals surface area contributed by atoms with Crippen LogP contribution in [0, 0.1) is 17.3 Å². The van der Waals surface area contributed by atoms with E-state index in [1.165, 1.54) is 141 Å². The molecule has 1 fully saturated rings. The minimum absolute atomic E-state index is 0.113. The molecule has 0 aromatic carbocycles. The molecule has 2 heteroatoms. The lowest BCUT2D eigenvalue weighted by Gasteiger charge is -2.32. The molecule has 0 heterocycles. The van der Waals surface area contributed by atoms with Crippen LogP contribution in [-0.2, 0) is 9.53 Å². The van der Waals surface area contributed by atoms with Gasteiger partial charge < -0.3 is 4.74 Å². The zero-order valence-electron chi connectivity index (χ0n) is 24.6. The van der Waals surface area contributed by atoms with E-state index in [1.807, 2.05) is 0 Å². The molecule has 2 nitrogen and oxygen atoms in total. The van der Waals surface area contributed by atoms with Crippen LogP contribution in [0.2, 0.25) is 0 Å². The Morgan fingerprint density at radius 3 is 1.54 bits per heavy atom. The van der Waals surface area contributed by atoms with E-state index < -0.39 is 0 Å². The van der Waals surface area contributed by atoms with E-state index in [4.69, 9.17) is 4.74 Å². The number of carbonyl (C=O) groups excluding carboxylic acids is 1. The van der Waals surface area contributed by atoms with Gasteiger partial charge in [-0.05, 0) is 44.4 Å². The molecule has 0 aromatic heterocycles. The second kappa shape index (κ2) is 21.5. The maximum absolute atomic E-state index is 12.9. The van der Waals surface area contributed by atoms with Gasteiger partial charge >= 0.3 is 5.97 Å². The SMILES string of the molecule is CCCCCCCCCCC(C)(CCCCCCCC)COC(=O)C1CCC(CCCCC)CC1. The Balaban J connectivity index is 2.38. The highest BCUT2D eigenvalue weighted by molar-refractivity contribution is 5.72. The topological polar surface area (TPSA) is 26.3 Å². The van der Waals surface area contributed by atoms with E-state index in [0.29, 0.717) is 6.61 Å². The molecule has 1 saturated carbocycles. The lowest BCUT2D eigenvalue weighted by Crippen LogP contribution is -2.30. The van der Waals surface area contributed by atoms with Crippen molar-refractivity contribution >= 4 is 5.97 Å². The predicted molar refractivity (Wildman–Crippen MR) is 154 cm³/mol. The van der Waals surface area contributed by atoms with Crippen LogP contribution in [0.5, 0.6) is 0 Å². The highest BCUT2D eigenvalue weighted by atomic mass is 16.5. The van der Waals surface area contributed by atoms with E-state index in [-0.39, 0.29) is 17.3 Å². The Morgan fingerprint density at radius 2 is 1.06 bits per heavy atom. The van der Waals surface area contributed by atoms with Gasteiger partial charge in [-0.2, -0.15) is 0 Å². The molecule has 208 valence electrons. The summed E-state index contributed by atoms with van der Waals surface area (Å²) < 4.78 is 6.06. The van der Waals surface area contributed by atoms with Crippen molar-refractivity contribution in [2.75, 3.05) is 6.61 Å². The van der Waals surface area contributed by atoms with Gasteiger partial charge in [-0.25, -0.2) is 0 Å². The Morgan fingerprint density at radius 1 is 0.629 bits per heavy atom. The summed E-state index contributed by atoms with van der Waals surface area (Å²) in [5.74, 6) is 1.13. The standard InChI is InChI=1S/C33H64O2/c1-5-8-11-13-15-16-18-21-28-33(4,27-20-17-14-12-9-6-2)29-35-32(34)31-25-23-30(24-26-31)22-19-10-7-3/h30-31H,5-29H2,1-4H3. The summed E-state index contributed by atoms with van der Waals surface area (Å²) in [7, 11) is 0. The van der Waals surface area contributed by atoms with Crippen LogP contribution >= 0.6 is 0 Å². The Bertz CT molecular complexity index is 479. The highest BCUT2D eigenvalue weighted by Gasteiger charge is 2.30. The predicted octanol–water partition coefficient (Wildman–Crippen LogP) is 11.2. The third-order valence-corrected chi connectivity index (χ3v) is 8.73. The van der Waals surface area contributed by atoms with Crippen molar-refractivity contribution < 1.29 is 9.53 Å². The molecule has 0 amide bonds. The average molecular weight is 493 g/mol. The fourth-order valence-corrected chi connectivity index (χ4v) is 6.02. The van der Waals surface area contributed by atoms with E-state index >= 15 is 0 Å². The molecule has 1 aliphatic carbocycles. The summed E-state index contributed by atoms with van der Waals surface area (Å²) in [6, 6.07) is 0. The molecular formula is C33H64O2. The molecule has 0 aromatic rings. The van der Waals surface area contributed by atoms with Crippen molar-refractivity contribution in [3.8, 4) is 0 Å². The molecule has 35 heavy (non-hydrogen) atoms. The van der Waals surface area contributed by atoms with Crippen LogP contribution in [0.1, 0.15) is 182 Å². The zero-order chi connectivity index (χ0) is 25.6. The molecule has 0 saturated heterocycles. The summed E-state index contributed by atoms with van der Waals surface area (Å²) >= 11 is 0. The second-order valence-corrected chi connectivity index (χ2v) is 12.4. The minimum atomic E-state index is 0.113. The number of hydrogen-bond acceptors (Lipinski definition) is 2. The fourth-order valence-electron chi connectivity index (χ4n) is 6.02. The summed E-state index contributed by atoms with van der Waals surface area (Å²) in [5.41, 5.74) is 0.167. The van der Waals surface area contributed by atoms with Gasteiger partial charge in [0.2, 0.25) is 0 Å². The largest absolute Gasteiger partial charge is 0.465 e. The molecule has 0 bridgehead atoms. The van der Waals surface area contributed by atoms with Gasteiger partial charge in [0.15, 0.2) is 0 Å². The van der Waals surface area contributed by atoms with Crippen molar-refractivity contribution in [1.29, 1.82) is 0 Å². The number of unbranched alkanes of at least 4 members (excludes halogenated alkanes) is 14. The normalized spacial score (nSPS) is 20.0. The maximum atomic E-state index is 12.9. The van der Waals surface area contributed by atoms with Crippen LogP contribution in [-0.4, -0.2) is 12.6 Å². The Hall–Kier alpha value is -0.530. The van der Waals surface area contributed by atoms with Crippen molar-refractivity contribution in [2.45, 2.75) is 182 Å². The van der Waals surface area contributed by atoms with Crippen molar-refractivity contribution in [3.63, 3.8) is 0 Å². The molecular weight excluding hydrogens is 428 g/mol. The van der Waals surface area contributed by atoms with E-state index in [1.54, 1.807) is 0 Å². The molecule has 0 radical (unpaired) electrons. The maximum Gasteiger partial charge on any atom is 0.308 e. The second-order valence-electron chi connectivity index (χ2n) is 12.4. The van der Waals surface area contributed by atoms with Gasteiger partial charge in [0.05, 0.1) is 12.5 Å². The van der Waals surface area contributed by atoms with E-state index in [2.05, 4.69) is 27.7 Å². The van der Waals surface area contributed by atoms with Crippen LogP contribution in [0.25, 0.3) is 0 Å². The number of carbonyl (C=O) groups is 1. The monoisotopic (exact) mass is 492 g/mol. The van der Waals surface area contributed by atoms with Gasteiger partial charge in [0.25, 0.3) is 0 Å². The zero-order valence-corrected chi connectivity index (χ0v) is 24.6. The van der Waals surface area contributed by atoms with Crippen LogP contribution < -0.4 is 0 Å². The van der Waals surface area contributed by atoms with E-state index in [0.717, 1.165) is 18.8 Å². The number of rotatable bonds is 23. The Labute approximate surface area is 221 Å². The van der Waals surface area contributed by atoms with Crippen molar-refractivity contribution in [2.24, 2.45) is 17.3 Å². The first-order valence-corrected chi connectivity index (χ1v) is 16.2. The summed E-state index contributed by atoms with van der Waals surface area (Å²) in [6.07, 6.45) is 31.4. The van der Waals surface area contributed by atoms with Gasteiger partial charge in [0, 0.05) is 5.41 Å². The number of hydrogen-bond donors (Lipinski definition) is 0. The summed E-state index contributed by atoms with van der Waals surface area (Å²) in [5, 5.41) is 0.